The van der Waals surface area contributed by atoms with E-state index in [2.05, 4.69) is 10.0 Å². The average molecular weight is 597 g/mol. The van der Waals surface area contributed by atoms with Crippen molar-refractivity contribution in [3.8, 4) is 0 Å². The minimum Gasteiger partial charge on any atom is -0.481 e. The molecule has 210 valence electrons. The fourth-order valence-corrected chi connectivity index (χ4v) is 7.03. The SMILES string of the molecule is CS(=O)(=O)NC1CCCCC1N1C(=O)c2ccccc2C(C(=O)NCCCC(=O)O)C1c1ccc(Cl)cc1Cl. The van der Waals surface area contributed by atoms with Crippen LogP contribution in [0.2, 0.25) is 10.0 Å². The molecule has 0 aromatic heterocycles. The van der Waals surface area contributed by atoms with E-state index in [9.17, 15) is 22.8 Å². The molecule has 2 amide bonds. The van der Waals surface area contributed by atoms with Gasteiger partial charge >= 0.3 is 5.97 Å². The Morgan fingerprint density at radius 2 is 1.79 bits per heavy atom. The molecule has 0 bridgehead atoms. The number of nitrogens with zero attached hydrogens (tertiary/aromatic N) is 1. The molecule has 39 heavy (non-hydrogen) atoms. The van der Waals surface area contributed by atoms with Crippen molar-refractivity contribution in [2.75, 3.05) is 12.8 Å². The van der Waals surface area contributed by atoms with Crippen molar-refractivity contribution >= 4 is 51.0 Å². The van der Waals surface area contributed by atoms with Crippen molar-refractivity contribution in [2.45, 2.75) is 62.6 Å². The van der Waals surface area contributed by atoms with E-state index in [1.165, 1.54) is 0 Å². The summed E-state index contributed by atoms with van der Waals surface area (Å²) in [5.74, 6) is -2.55. The van der Waals surface area contributed by atoms with Crippen molar-refractivity contribution in [2.24, 2.45) is 0 Å². The Bertz CT molecular complexity index is 1370. The Morgan fingerprint density at radius 1 is 1.08 bits per heavy atom. The summed E-state index contributed by atoms with van der Waals surface area (Å²) in [7, 11) is -3.58. The van der Waals surface area contributed by atoms with E-state index in [1.54, 1.807) is 47.4 Å². The van der Waals surface area contributed by atoms with Gasteiger partial charge in [-0.3, -0.25) is 14.4 Å². The van der Waals surface area contributed by atoms with Gasteiger partial charge in [0.25, 0.3) is 5.91 Å². The number of aliphatic carboxylic acids is 1. The first-order valence-corrected chi connectivity index (χ1v) is 15.5. The zero-order valence-electron chi connectivity index (χ0n) is 21.4. The molecule has 2 aliphatic rings. The van der Waals surface area contributed by atoms with Gasteiger partial charge in [-0.15, -0.1) is 0 Å². The molecular weight excluding hydrogens is 565 g/mol. The van der Waals surface area contributed by atoms with Crippen LogP contribution in [0.4, 0.5) is 0 Å². The first kappa shape index (κ1) is 29.3. The number of carboxylic acids is 1. The summed E-state index contributed by atoms with van der Waals surface area (Å²) in [5, 5.41) is 12.5. The molecule has 2 aromatic rings. The Labute approximate surface area is 237 Å². The second-order valence-corrected chi connectivity index (χ2v) is 12.6. The number of hydrogen-bond acceptors (Lipinski definition) is 5. The lowest BCUT2D eigenvalue weighted by molar-refractivity contribution is -0.137. The smallest absolute Gasteiger partial charge is 0.303 e. The number of nitrogens with one attached hydrogen (secondary N) is 2. The molecular formula is C27H31Cl2N3O6S. The highest BCUT2D eigenvalue weighted by Gasteiger charge is 2.49. The summed E-state index contributed by atoms with van der Waals surface area (Å²) in [4.78, 5) is 40.6. The lowest BCUT2D eigenvalue weighted by atomic mass is 9.76. The van der Waals surface area contributed by atoms with Gasteiger partial charge in [-0.25, -0.2) is 13.1 Å². The van der Waals surface area contributed by atoms with Gasteiger partial charge in [-0.05, 0) is 48.6 Å². The third-order valence-electron chi connectivity index (χ3n) is 7.26. The quantitative estimate of drug-likeness (QED) is 0.373. The largest absolute Gasteiger partial charge is 0.481 e. The Balaban J connectivity index is 1.85. The van der Waals surface area contributed by atoms with Crippen molar-refractivity contribution in [3.63, 3.8) is 0 Å². The van der Waals surface area contributed by atoms with Crippen LogP contribution in [0.1, 0.15) is 72.0 Å². The fraction of sp³-hybridized carbons (Fsp3) is 0.444. The molecule has 1 fully saturated rings. The van der Waals surface area contributed by atoms with Gasteiger partial charge in [0, 0.05) is 40.7 Å². The number of carboxylic acid groups (broad SMARTS) is 1. The number of sulfonamides is 1. The number of benzene rings is 2. The minimum atomic E-state index is -3.58. The lowest BCUT2D eigenvalue weighted by Crippen LogP contribution is -2.59. The molecule has 1 aliphatic carbocycles. The van der Waals surface area contributed by atoms with Crippen LogP contribution in [0.25, 0.3) is 0 Å². The molecule has 2 aromatic carbocycles. The molecule has 1 heterocycles. The molecule has 12 heteroatoms. The maximum Gasteiger partial charge on any atom is 0.303 e. The summed E-state index contributed by atoms with van der Waals surface area (Å²) in [6.07, 6.45) is 3.89. The second kappa shape index (κ2) is 12.2. The summed E-state index contributed by atoms with van der Waals surface area (Å²) >= 11 is 12.9. The molecule has 9 nitrogen and oxygen atoms in total. The van der Waals surface area contributed by atoms with Crippen molar-refractivity contribution < 1.29 is 27.9 Å². The lowest BCUT2D eigenvalue weighted by Gasteiger charge is -2.49. The molecule has 0 saturated heterocycles. The van der Waals surface area contributed by atoms with Crippen LogP contribution in [-0.2, 0) is 19.6 Å². The highest BCUT2D eigenvalue weighted by molar-refractivity contribution is 7.88. The average Bonchev–Trinajstić information content (AvgIpc) is 2.86. The standard InChI is InChI=1S/C27H31Cl2N3O6S/c1-39(37,38)31-21-9-4-5-10-22(21)32-25(19-13-12-16(28)15-20(19)29)24(26(35)30-14-6-11-23(33)34)17-7-2-3-8-18(17)27(32)36/h2-3,7-8,12-13,15,21-22,24-25,31H,4-6,9-11,14H2,1H3,(H,30,35)(H,33,34). The Kier molecular flexibility index (Phi) is 9.21. The van der Waals surface area contributed by atoms with E-state index in [-0.39, 0.29) is 36.2 Å². The topological polar surface area (TPSA) is 133 Å². The highest BCUT2D eigenvalue weighted by atomic mass is 35.5. The number of halogens is 2. The van der Waals surface area contributed by atoms with Crippen LogP contribution in [0.3, 0.4) is 0 Å². The van der Waals surface area contributed by atoms with Crippen LogP contribution in [-0.4, -0.2) is 61.1 Å². The molecule has 0 radical (unpaired) electrons. The van der Waals surface area contributed by atoms with Crippen LogP contribution in [0.5, 0.6) is 0 Å². The minimum absolute atomic E-state index is 0.0977. The van der Waals surface area contributed by atoms with Gasteiger partial charge in [0.2, 0.25) is 15.9 Å². The van der Waals surface area contributed by atoms with Crippen molar-refractivity contribution in [1.82, 2.24) is 14.9 Å². The van der Waals surface area contributed by atoms with E-state index < -0.39 is 40.0 Å². The van der Waals surface area contributed by atoms with E-state index in [0.29, 0.717) is 34.6 Å². The van der Waals surface area contributed by atoms with E-state index in [0.717, 1.165) is 19.1 Å². The monoisotopic (exact) mass is 595 g/mol. The molecule has 4 unspecified atom stereocenters. The van der Waals surface area contributed by atoms with Gasteiger partial charge in [-0.1, -0.05) is 60.3 Å². The molecule has 4 rings (SSSR count). The molecule has 3 N–H and O–H groups in total. The van der Waals surface area contributed by atoms with Crippen LogP contribution < -0.4 is 10.0 Å². The second-order valence-electron chi connectivity index (χ2n) is 10.0. The number of amides is 2. The van der Waals surface area contributed by atoms with Crippen molar-refractivity contribution in [3.05, 3.63) is 69.2 Å². The Hall–Kier alpha value is -2.66. The predicted molar refractivity (Wildman–Crippen MR) is 148 cm³/mol. The van der Waals surface area contributed by atoms with Crippen LogP contribution in [0, 0.1) is 0 Å². The zero-order chi connectivity index (χ0) is 28.3. The number of carbonyl (C=O) groups excluding carboxylic acids is 2. The molecule has 1 saturated carbocycles. The molecule has 0 spiro atoms. The number of hydrogen-bond donors (Lipinski definition) is 3. The van der Waals surface area contributed by atoms with Crippen molar-refractivity contribution in [1.29, 1.82) is 0 Å². The number of fused-ring (bicyclic) bond motifs is 1. The first-order valence-electron chi connectivity index (χ1n) is 12.8. The summed E-state index contributed by atoms with van der Waals surface area (Å²) in [6, 6.07) is 9.81. The zero-order valence-corrected chi connectivity index (χ0v) is 23.7. The third-order valence-corrected chi connectivity index (χ3v) is 8.55. The van der Waals surface area contributed by atoms with Gasteiger partial charge in [0.15, 0.2) is 0 Å². The summed E-state index contributed by atoms with van der Waals surface area (Å²) in [6.45, 7) is 0.139. The summed E-state index contributed by atoms with van der Waals surface area (Å²) < 4.78 is 27.2. The van der Waals surface area contributed by atoms with E-state index in [1.807, 2.05) is 0 Å². The number of rotatable bonds is 9. The van der Waals surface area contributed by atoms with Crippen LogP contribution in [0.15, 0.2) is 42.5 Å². The van der Waals surface area contributed by atoms with Gasteiger partial charge in [-0.2, -0.15) is 0 Å². The first-order chi connectivity index (χ1) is 18.5. The molecule has 4 atom stereocenters. The number of carbonyl (C=O) groups is 3. The predicted octanol–water partition coefficient (Wildman–Crippen LogP) is 4.12. The normalized spacial score (nSPS) is 23.3. The summed E-state index contributed by atoms with van der Waals surface area (Å²) in [5.41, 5.74) is 1.39. The fourth-order valence-electron chi connectivity index (χ4n) is 5.69. The van der Waals surface area contributed by atoms with E-state index >= 15 is 0 Å². The maximum atomic E-state index is 14.2. The third kappa shape index (κ3) is 6.74. The Morgan fingerprint density at radius 3 is 2.49 bits per heavy atom. The van der Waals surface area contributed by atoms with E-state index in [4.69, 9.17) is 28.3 Å². The molecule has 1 aliphatic heterocycles. The van der Waals surface area contributed by atoms with Gasteiger partial charge < -0.3 is 15.3 Å². The van der Waals surface area contributed by atoms with Gasteiger partial charge in [0.1, 0.15) is 0 Å². The van der Waals surface area contributed by atoms with Crippen LogP contribution >= 0.6 is 23.2 Å². The highest BCUT2D eigenvalue weighted by Crippen LogP contribution is 2.47. The maximum absolute atomic E-state index is 14.2. The van der Waals surface area contributed by atoms with Gasteiger partial charge in [0.05, 0.1) is 18.2 Å².